The van der Waals surface area contributed by atoms with Gasteiger partial charge >= 0.3 is 0 Å². The van der Waals surface area contributed by atoms with Gasteiger partial charge in [-0.05, 0) is 13.0 Å². The molecule has 18 heavy (non-hydrogen) atoms. The Labute approximate surface area is 121 Å². The molecule has 2 nitrogen and oxygen atoms in total. The van der Waals surface area contributed by atoms with Gasteiger partial charge in [0.15, 0.2) is 0 Å². The highest BCUT2D eigenvalue weighted by Gasteiger charge is 2.11. The zero-order valence-corrected chi connectivity index (χ0v) is 12.4. The van der Waals surface area contributed by atoms with E-state index in [1.165, 1.54) is 0 Å². The number of benzene rings is 1. The van der Waals surface area contributed by atoms with Crippen molar-refractivity contribution in [2.24, 2.45) is 0 Å². The maximum atomic E-state index is 6.24. The first-order chi connectivity index (χ1) is 8.54. The fraction of sp³-hybridized carbons (Fsp3) is 0.231. The third-order valence-corrected chi connectivity index (χ3v) is 3.97. The number of nitrogens with zero attached hydrogens (tertiary/aromatic N) is 1. The predicted molar refractivity (Wildman–Crippen MR) is 79.0 cm³/mol. The first-order valence-electron chi connectivity index (χ1n) is 5.58. The molecule has 94 valence electrons. The number of aromatic amines is 1. The van der Waals surface area contributed by atoms with Crippen LogP contribution < -0.4 is 0 Å². The maximum absolute atomic E-state index is 6.24. The summed E-state index contributed by atoms with van der Waals surface area (Å²) in [5.74, 6) is 0.844. The molecule has 1 aromatic heterocycles. The predicted octanol–water partition coefficient (Wildman–Crippen LogP) is 4.98. The van der Waals surface area contributed by atoms with Gasteiger partial charge in [-0.25, -0.2) is 4.98 Å². The van der Waals surface area contributed by atoms with Gasteiger partial charge in [-0.15, -0.1) is 0 Å². The van der Waals surface area contributed by atoms with Gasteiger partial charge in [0.25, 0.3) is 0 Å². The van der Waals surface area contributed by atoms with Gasteiger partial charge in [-0.3, -0.25) is 0 Å². The fourth-order valence-electron chi connectivity index (χ4n) is 1.71. The Hall–Kier alpha value is -0.900. The molecule has 0 aliphatic rings. The van der Waals surface area contributed by atoms with E-state index in [0.717, 1.165) is 29.1 Å². The summed E-state index contributed by atoms with van der Waals surface area (Å²) in [6.45, 7) is 3.95. The standard InChI is InChI=1S/C13H12Cl2N2S/c1-3-10-16-12(7(2)13(18)17-10)8-5-4-6-9(14)11(8)15/h4-6H,3H2,1-2H3,(H,16,17,18). The van der Waals surface area contributed by atoms with Gasteiger partial charge in [-0.2, -0.15) is 0 Å². The average molecular weight is 299 g/mol. The Morgan fingerprint density at radius 1 is 1.33 bits per heavy atom. The van der Waals surface area contributed by atoms with Gasteiger partial charge in [0, 0.05) is 17.5 Å². The highest BCUT2D eigenvalue weighted by molar-refractivity contribution is 7.71. The summed E-state index contributed by atoms with van der Waals surface area (Å²) >= 11 is 17.5. The van der Waals surface area contributed by atoms with Crippen molar-refractivity contribution in [3.63, 3.8) is 0 Å². The number of H-pyrrole nitrogens is 1. The molecule has 2 aromatic rings. The Balaban J connectivity index is 2.74. The van der Waals surface area contributed by atoms with Gasteiger partial charge in [0.2, 0.25) is 0 Å². The van der Waals surface area contributed by atoms with Crippen LogP contribution in [0, 0.1) is 11.6 Å². The number of halogens is 2. The van der Waals surface area contributed by atoms with Crippen LogP contribution in [0.4, 0.5) is 0 Å². The minimum Gasteiger partial charge on any atom is -0.343 e. The van der Waals surface area contributed by atoms with Crippen LogP contribution in [0.2, 0.25) is 10.0 Å². The molecule has 1 heterocycles. The Bertz CT molecular complexity index is 650. The number of aryl methyl sites for hydroxylation is 1. The van der Waals surface area contributed by atoms with Crippen molar-refractivity contribution in [2.45, 2.75) is 20.3 Å². The van der Waals surface area contributed by atoms with Gasteiger partial charge in [-0.1, -0.05) is 54.5 Å². The molecule has 0 saturated carbocycles. The SMILES string of the molecule is CCc1nc(=S)c(C)c(-c2cccc(Cl)c2Cl)[nH]1. The molecule has 0 aliphatic heterocycles. The molecule has 1 aromatic carbocycles. The molecular formula is C13H12Cl2N2S. The van der Waals surface area contributed by atoms with E-state index in [4.69, 9.17) is 35.4 Å². The molecule has 0 amide bonds. The smallest absolute Gasteiger partial charge is 0.133 e. The number of aromatic nitrogens is 2. The normalized spacial score (nSPS) is 10.7. The van der Waals surface area contributed by atoms with Crippen molar-refractivity contribution in [1.29, 1.82) is 0 Å². The van der Waals surface area contributed by atoms with Crippen molar-refractivity contribution < 1.29 is 0 Å². The molecule has 0 bridgehead atoms. The van der Waals surface area contributed by atoms with E-state index < -0.39 is 0 Å². The first-order valence-corrected chi connectivity index (χ1v) is 6.75. The summed E-state index contributed by atoms with van der Waals surface area (Å²) in [6.07, 6.45) is 0.787. The summed E-state index contributed by atoms with van der Waals surface area (Å²) < 4.78 is 0.594. The van der Waals surface area contributed by atoms with Crippen LogP contribution in [0.3, 0.4) is 0 Å². The molecule has 2 rings (SSSR count). The second-order valence-electron chi connectivity index (χ2n) is 3.94. The van der Waals surface area contributed by atoms with Crippen molar-refractivity contribution in [1.82, 2.24) is 9.97 Å². The summed E-state index contributed by atoms with van der Waals surface area (Å²) in [4.78, 5) is 7.58. The molecule has 0 fully saturated rings. The average Bonchev–Trinajstić information content (AvgIpc) is 2.36. The van der Waals surface area contributed by atoms with Crippen molar-refractivity contribution in [3.05, 3.63) is 44.3 Å². The Morgan fingerprint density at radius 2 is 2.06 bits per heavy atom. The summed E-state index contributed by atoms with van der Waals surface area (Å²) in [7, 11) is 0. The number of rotatable bonds is 2. The van der Waals surface area contributed by atoms with E-state index in [1.807, 2.05) is 26.0 Å². The van der Waals surface area contributed by atoms with Crippen molar-refractivity contribution >= 4 is 35.4 Å². The Morgan fingerprint density at radius 3 is 2.72 bits per heavy atom. The van der Waals surface area contributed by atoms with Crippen LogP contribution in [0.25, 0.3) is 11.3 Å². The van der Waals surface area contributed by atoms with E-state index in [-0.39, 0.29) is 0 Å². The number of hydrogen-bond acceptors (Lipinski definition) is 2. The van der Waals surface area contributed by atoms with Gasteiger partial charge in [0.1, 0.15) is 10.5 Å². The zero-order chi connectivity index (χ0) is 13.3. The van der Waals surface area contributed by atoms with Gasteiger partial charge in [0.05, 0.1) is 15.7 Å². The molecule has 0 radical (unpaired) electrons. The third kappa shape index (κ3) is 2.44. The Kier molecular flexibility index (Phi) is 4.05. The molecule has 0 atom stereocenters. The van der Waals surface area contributed by atoms with Crippen LogP contribution in [-0.2, 0) is 6.42 Å². The molecule has 0 saturated heterocycles. The first kappa shape index (κ1) is 13.5. The van der Waals surface area contributed by atoms with Crippen molar-refractivity contribution in [3.8, 4) is 11.3 Å². The van der Waals surface area contributed by atoms with Crippen LogP contribution in [0.5, 0.6) is 0 Å². The minimum absolute atomic E-state index is 0.529. The molecule has 5 heteroatoms. The van der Waals surface area contributed by atoms with E-state index in [9.17, 15) is 0 Å². The lowest BCUT2D eigenvalue weighted by Crippen LogP contribution is -1.99. The molecular weight excluding hydrogens is 287 g/mol. The molecule has 0 spiro atoms. The van der Waals surface area contributed by atoms with E-state index >= 15 is 0 Å². The van der Waals surface area contributed by atoms with Crippen LogP contribution >= 0.6 is 35.4 Å². The monoisotopic (exact) mass is 298 g/mol. The second kappa shape index (κ2) is 5.39. The van der Waals surface area contributed by atoms with E-state index in [2.05, 4.69) is 9.97 Å². The highest BCUT2D eigenvalue weighted by atomic mass is 35.5. The number of nitrogens with one attached hydrogen (secondary N) is 1. The van der Waals surface area contributed by atoms with E-state index in [0.29, 0.717) is 14.7 Å². The lowest BCUT2D eigenvalue weighted by molar-refractivity contribution is 0.926. The lowest BCUT2D eigenvalue weighted by Gasteiger charge is -2.11. The molecule has 0 unspecified atom stereocenters. The lowest BCUT2D eigenvalue weighted by atomic mass is 10.1. The molecule has 1 N–H and O–H groups in total. The van der Waals surface area contributed by atoms with Crippen LogP contribution in [0.1, 0.15) is 18.3 Å². The summed E-state index contributed by atoms with van der Waals surface area (Å²) in [5.41, 5.74) is 2.65. The maximum Gasteiger partial charge on any atom is 0.133 e. The zero-order valence-electron chi connectivity index (χ0n) is 10.1. The second-order valence-corrected chi connectivity index (χ2v) is 5.12. The quantitative estimate of drug-likeness (QED) is 0.792. The van der Waals surface area contributed by atoms with E-state index in [1.54, 1.807) is 6.07 Å². The van der Waals surface area contributed by atoms with Gasteiger partial charge < -0.3 is 4.98 Å². The highest BCUT2D eigenvalue weighted by Crippen LogP contribution is 2.34. The summed E-state index contributed by atoms with van der Waals surface area (Å²) in [5, 5.41) is 1.06. The fourth-order valence-corrected chi connectivity index (χ4v) is 2.32. The third-order valence-electron chi connectivity index (χ3n) is 2.76. The number of hydrogen-bond donors (Lipinski definition) is 1. The topological polar surface area (TPSA) is 28.7 Å². The van der Waals surface area contributed by atoms with Crippen LogP contribution in [0.15, 0.2) is 18.2 Å². The summed E-state index contributed by atoms with van der Waals surface area (Å²) in [6, 6.07) is 5.55. The largest absolute Gasteiger partial charge is 0.343 e. The van der Waals surface area contributed by atoms with Crippen molar-refractivity contribution in [2.75, 3.05) is 0 Å². The van der Waals surface area contributed by atoms with Crippen LogP contribution in [-0.4, -0.2) is 9.97 Å². The minimum atomic E-state index is 0.529. The molecule has 0 aliphatic carbocycles.